The highest BCUT2D eigenvalue weighted by molar-refractivity contribution is 7.99. The number of benzene rings is 2. The second-order valence-electron chi connectivity index (χ2n) is 9.87. The summed E-state index contributed by atoms with van der Waals surface area (Å²) in [5, 5.41) is 6.94. The van der Waals surface area contributed by atoms with Crippen molar-refractivity contribution in [1.82, 2.24) is 24.8 Å². The van der Waals surface area contributed by atoms with Gasteiger partial charge in [0.15, 0.2) is 0 Å². The van der Waals surface area contributed by atoms with E-state index >= 15 is 0 Å². The van der Waals surface area contributed by atoms with Crippen LogP contribution < -0.4 is 24.6 Å². The van der Waals surface area contributed by atoms with Crippen molar-refractivity contribution in [2.45, 2.75) is 20.3 Å². The Bertz CT molecular complexity index is 1490. The van der Waals surface area contributed by atoms with Crippen LogP contribution in [0.4, 0.5) is 34.5 Å². The van der Waals surface area contributed by atoms with Gasteiger partial charge in [-0.05, 0) is 44.2 Å². The number of rotatable bonds is 9. The molecule has 0 saturated carbocycles. The zero-order valence-electron chi connectivity index (χ0n) is 24.0. The number of hydrogen-bond donors (Lipinski definition) is 2. The van der Waals surface area contributed by atoms with E-state index in [1.54, 1.807) is 31.5 Å². The summed E-state index contributed by atoms with van der Waals surface area (Å²) in [5.74, 6) is 1.96. The van der Waals surface area contributed by atoms with E-state index in [2.05, 4.69) is 65.8 Å². The molecule has 0 amide bonds. The molecule has 3 heterocycles. The van der Waals surface area contributed by atoms with Crippen molar-refractivity contribution in [1.29, 1.82) is 0 Å². The van der Waals surface area contributed by atoms with Gasteiger partial charge >= 0.3 is 0 Å². The van der Waals surface area contributed by atoms with E-state index in [4.69, 9.17) is 9.72 Å². The highest BCUT2D eigenvalue weighted by atomic mass is 32.2. The van der Waals surface area contributed by atoms with Gasteiger partial charge in [-0.1, -0.05) is 18.9 Å². The molecule has 2 aromatic carbocycles. The molecule has 0 unspecified atom stereocenters. The summed E-state index contributed by atoms with van der Waals surface area (Å²) in [6, 6.07) is 8.29. The normalized spacial score (nSPS) is 13.9. The van der Waals surface area contributed by atoms with Gasteiger partial charge in [0, 0.05) is 75.4 Å². The van der Waals surface area contributed by atoms with Crippen molar-refractivity contribution >= 4 is 57.5 Å². The summed E-state index contributed by atoms with van der Waals surface area (Å²) in [6.45, 7) is 8.29. The molecule has 2 N–H and O–H groups in total. The first-order valence-corrected chi connectivity index (χ1v) is 14.6. The smallest absolute Gasteiger partial charge is 0.229 e. The Balaban J connectivity index is 1.46. The average molecular weight is 560 g/mol. The Labute approximate surface area is 240 Å². The van der Waals surface area contributed by atoms with Crippen molar-refractivity contribution in [3.63, 3.8) is 0 Å². The number of aromatic nitrogens is 4. The highest BCUT2D eigenvalue weighted by Crippen LogP contribution is 2.38. The summed E-state index contributed by atoms with van der Waals surface area (Å²) in [4.78, 5) is 23.3. The zero-order chi connectivity index (χ0) is 28.2. The third kappa shape index (κ3) is 5.71. The number of likely N-dealkylation sites (N-methyl/N-ethyl adjacent to an activating group) is 1. The first-order chi connectivity index (χ1) is 19.4. The van der Waals surface area contributed by atoms with Gasteiger partial charge in [0.25, 0.3) is 0 Å². The first-order valence-electron chi connectivity index (χ1n) is 13.5. The Morgan fingerprint density at radius 3 is 2.52 bits per heavy atom. The van der Waals surface area contributed by atoms with E-state index in [9.17, 15) is 0 Å². The summed E-state index contributed by atoms with van der Waals surface area (Å²) in [6.07, 6.45) is 8.19. The molecule has 0 aliphatic carbocycles. The van der Waals surface area contributed by atoms with E-state index in [-0.39, 0.29) is 0 Å². The quantitative estimate of drug-likeness (QED) is 0.263. The largest absolute Gasteiger partial charge is 0.494 e. The van der Waals surface area contributed by atoms with Crippen molar-refractivity contribution in [2.75, 3.05) is 73.5 Å². The van der Waals surface area contributed by atoms with Crippen molar-refractivity contribution in [3.05, 3.63) is 54.0 Å². The first kappa shape index (κ1) is 27.7. The minimum absolute atomic E-state index is 0.487. The van der Waals surface area contributed by atoms with Crippen LogP contribution in [0.1, 0.15) is 18.1 Å². The average Bonchev–Trinajstić information content (AvgIpc) is 2.98. The number of nitrogens with one attached hydrogen (secondary N) is 2. The lowest BCUT2D eigenvalue weighted by atomic mass is 10.1. The van der Waals surface area contributed by atoms with Gasteiger partial charge in [-0.3, -0.25) is 9.97 Å². The zero-order valence-corrected chi connectivity index (χ0v) is 24.8. The number of aryl methyl sites for hydroxylation is 2. The Kier molecular flexibility index (Phi) is 8.41. The summed E-state index contributed by atoms with van der Waals surface area (Å²) < 4.78 is 7.90. The van der Waals surface area contributed by atoms with Crippen LogP contribution in [0.2, 0.25) is 0 Å². The van der Waals surface area contributed by atoms with Gasteiger partial charge in [-0.25, -0.2) is 4.98 Å². The predicted molar refractivity (Wildman–Crippen MR) is 167 cm³/mol. The second-order valence-corrected chi connectivity index (χ2v) is 10.8. The molecular weight excluding hydrogens is 522 g/mol. The van der Waals surface area contributed by atoms with Gasteiger partial charge in [0.2, 0.25) is 5.95 Å². The highest BCUT2D eigenvalue weighted by Gasteiger charge is 2.20. The second kappa shape index (κ2) is 12.1. The molecule has 0 radical (unpaired) electrons. The van der Waals surface area contributed by atoms with Crippen molar-refractivity contribution in [3.8, 4) is 5.75 Å². The number of piperazine rings is 1. The number of nitrogens with zero attached hydrogens (tertiary/aromatic N) is 7. The van der Waals surface area contributed by atoms with Crippen LogP contribution in [0, 0.1) is 6.92 Å². The Morgan fingerprint density at radius 1 is 1.02 bits per heavy atom. The van der Waals surface area contributed by atoms with E-state index < -0.39 is 0 Å². The Morgan fingerprint density at radius 2 is 1.80 bits per heavy atom. The summed E-state index contributed by atoms with van der Waals surface area (Å²) in [5.41, 5.74) is 7.76. The van der Waals surface area contributed by atoms with Crippen molar-refractivity contribution < 1.29 is 4.74 Å². The van der Waals surface area contributed by atoms with Gasteiger partial charge in [0.05, 0.1) is 29.7 Å². The number of hydrogen-bond acceptors (Lipinski definition) is 11. The van der Waals surface area contributed by atoms with Crippen LogP contribution in [0.3, 0.4) is 0 Å². The minimum Gasteiger partial charge on any atom is -0.494 e. The van der Waals surface area contributed by atoms with Crippen LogP contribution in [0.5, 0.6) is 5.75 Å². The maximum Gasteiger partial charge on any atom is 0.229 e. The molecule has 1 aliphatic rings. The molecule has 0 bridgehead atoms. The fourth-order valence-electron chi connectivity index (χ4n) is 4.92. The van der Waals surface area contributed by atoms with Crippen LogP contribution in [0.25, 0.3) is 11.0 Å². The van der Waals surface area contributed by atoms with Crippen LogP contribution in [0.15, 0.2) is 42.9 Å². The molecule has 210 valence electrons. The number of fused-ring (bicyclic) bond motifs is 1. The monoisotopic (exact) mass is 559 g/mol. The number of anilines is 6. The molecule has 2 aromatic heterocycles. The van der Waals surface area contributed by atoms with Gasteiger partial charge in [0.1, 0.15) is 17.1 Å². The SMILES string of the molecule is CCc1cc(Nc2ncc(C)c(Nc3ccc4nccnc4c3N(C)SC)n2)c(OC)cc1N1CCN(C)CC1. The maximum atomic E-state index is 5.82. The van der Waals surface area contributed by atoms with Crippen LogP contribution >= 0.6 is 11.9 Å². The van der Waals surface area contributed by atoms with Gasteiger partial charge in [-0.2, -0.15) is 4.98 Å². The van der Waals surface area contributed by atoms with Crippen LogP contribution in [-0.2, 0) is 6.42 Å². The molecule has 1 fully saturated rings. The molecule has 40 heavy (non-hydrogen) atoms. The molecule has 1 aliphatic heterocycles. The maximum absolute atomic E-state index is 5.82. The molecule has 0 atom stereocenters. The summed E-state index contributed by atoms with van der Waals surface area (Å²) in [7, 11) is 5.89. The third-order valence-electron chi connectivity index (χ3n) is 7.30. The molecule has 5 rings (SSSR count). The topological polar surface area (TPSA) is 94.6 Å². The number of ether oxygens (including phenoxy) is 1. The lowest BCUT2D eigenvalue weighted by Gasteiger charge is -2.35. The molecule has 10 nitrogen and oxygen atoms in total. The molecule has 11 heteroatoms. The van der Waals surface area contributed by atoms with Crippen LogP contribution in [-0.4, -0.2) is 78.5 Å². The van der Waals surface area contributed by atoms with Crippen molar-refractivity contribution in [2.24, 2.45) is 0 Å². The van der Waals surface area contributed by atoms with E-state index in [1.165, 1.54) is 11.3 Å². The van der Waals surface area contributed by atoms with E-state index in [0.29, 0.717) is 11.8 Å². The summed E-state index contributed by atoms with van der Waals surface area (Å²) >= 11 is 1.61. The molecule has 1 saturated heterocycles. The molecule has 0 spiro atoms. The standard InChI is InChI=1S/C29H37N9OS/c1-7-20-16-23(25(39-5)17-24(20)38-14-12-36(3)13-15-38)34-29-32-18-19(2)28(35-29)33-22-9-8-21-26(31-11-10-30-21)27(22)37(4)40-6/h8-11,16-18H,7,12-15H2,1-6H3,(H2,32,33,34,35). The molecule has 4 aromatic rings. The van der Waals surface area contributed by atoms with E-state index in [1.807, 2.05) is 38.6 Å². The fourth-order valence-corrected chi connectivity index (χ4v) is 5.28. The number of methoxy groups -OCH3 is 1. The minimum atomic E-state index is 0.487. The lowest BCUT2D eigenvalue weighted by molar-refractivity contribution is 0.312. The molecular formula is C29H37N9OS. The van der Waals surface area contributed by atoms with E-state index in [0.717, 1.165) is 72.0 Å². The van der Waals surface area contributed by atoms with Gasteiger partial charge < -0.3 is 29.5 Å². The van der Waals surface area contributed by atoms with Gasteiger partial charge in [-0.15, -0.1) is 0 Å². The lowest BCUT2D eigenvalue weighted by Crippen LogP contribution is -2.44. The third-order valence-corrected chi connectivity index (χ3v) is 8.03. The fraction of sp³-hybridized carbons (Fsp3) is 0.379. The Hall–Kier alpha value is -3.83. The predicted octanol–water partition coefficient (Wildman–Crippen LogP) is 5.25.